The molecule has 5 heteroatoms. The minimum atomic E-state index is -2.55. The molecule has 0 unspecified atom stereocenters. The van der Waals surface area contributed by atoms with Crippen LogP contribution in [0.25, 0.3) is 11.3 Å². The molecule has 2 aromatic rings. The van der Waals surface area contributed by atoms with E-state index in [1.165, 1.54) is 6.07 Å². The molecule has 19 heavy (non-hydrogen) atoms. The zero-order valence-corrected chi connectivity index (χ0v) is 10.2. The van der Waals surface area contributed by atoms with Crippen molar-refractivity contribution < 1.29 is 22.7 Å². The average molecular weight is 266 g/mol. The molecule has 0 fully saturated rings. The number of aryl methyl sites for hydroxylation is 1. The average Bonchev–Trinajstić information content (AvgIpc) is 2.85. The molecule has 0 bridgehead atoms. The summed E-state index contributed by atoms with van der Waals surface area (Å²) in [6, 6.07) is 8.24. The summed E-state index contributed by atoms with van der Waals surface area (Å²) >= 11 is 0. The highest BCUT2D eigenvalue weighted by Gasteiger charge is 2.13. The van der Waals surface area contributed by atoms with Gasteiger partial charge in [0.2, 0.25) is 0 Å². The molecule has 0 amide bonds. The van der Waals surface area contributed by atoms with Crippen molar-refractivity contribution in [2.24, 2.45) is 0 Å². The second-order valence-electron chi connectivity index (χ2n) is 4.02. The fraction of sp³-hybridized carbons (Fsp3) is 0.214. The van der Waals surface area contributed by atoms with E-state index in [1.54, 1.807) is 24.3 Å². The number of carbonyl (C=O) groups is 1. The zero-order valence-electron chi connectivity index (χ0n) is 10.2. The normalized spacial score (nSPS) is 10.7. The van der Waals surface area contributed by atoms with Crippen molar-refractivity contribution in [3.8, 4) is 17.1 Å². The largest absolute Gasteiger partial charge is 0.487 e. The van der Waals surface area contributed by atoms with Gasteiger partial charge in [-0.3, -0.25) is 4.79 Å². The van der Waals surface area contributed by atoms with Crippen LogP contribution < -0.4 is 4.74 Å². The van der Waals surface area contributed by atoms with Gasteiger partial charge in [0.1, 0.15) is 18.1 Å². The molecule has 0 N–H and O–H groups in total. The Balaban J connectivity index is 2.36. The molecular formula is C14H12F2O3. The summed E-state index contributed by atoms with van der Waals surface area (Å²) in [5, 5.41) is 0. The van der Waals surface area contributed by atoms with Gasteiger partial charge in [0.05, 0.1) is 5.56 Å². The maximum Gasteiger partial charge on any atom is 0.272 e. The van der Waals surface area contributed by atoms with Gasteiger partial charge in [-0.1, -0.05) is 11.6 Å². The van der Waals surface area contributed by atoms with Crippen LogP contribution in [0, 0.1) is 6.92 Å². The lowest BCUT2D eigenvalue weighted by molar-refractivity contribution is 0.0821. The van der Waals surface area contributed by atoms with E-state index in [0.717, 1.165) is 5.56 Å². The van der Waals surface area contributed by atoms with E-state index in [1.807, 2.05) is 6.92 Å². The van der Waals surface area contributed by atoms with Gasteiger partial charge in [-0.05, 0) is 31.2 Å². The van der Waals surface area contributed by atoms with Crippen LogP contribution in [-0.4, -0.2) is 19.3 Å². The van der Waals surface area contributed by atoms with Crippen LogP contribution in [0.2, 0.25) is 0 Å². The summed E-state index contributed by atoms with van der Waals surface area (Å²) in [4.78, 5) is 10.6. The molecule has 1 aromatic carbocycles. The van der Waals surface area contributed by atoms with E-state index in [2.05, 4.69) is 0 Å². The van der Waals surface area contributed by atoms with E-state index >= 15 is 0 Å². The maximum atomic E-state index is 12.2. The number of rotatable bonds is 5. The lowest BCUT2D eigenvalue weighted by Crippen LogP contribution is -2.07. The van der Waals surface area contributed by atoms with Crippen molar-refractivity contribution in [1.29, 1.82) is 0 Å². The van der Waals surface area contributed by atoms with Crippen molar-refractivity contribution in [2.45, 2.75) is 13.3 Å². The van der Waals surface area contributed by atoms with Crippen LogP contribution in [0.5, 0.6) is 5.75 Å². The lowest BCUT2D eigenvalue weighted by atomic mass is 10.1. The molecule has 0 atom stereocenters. The monoisotopic (exact) mass is 266 g/mol. The Kier molecular flexibility index (Phi) is 3.94. The molecular weight excluding hydrogens is 254 g/mol. The van der Waals surface area contributed by atoms with Crippen LogP contribution in [0.15, 0.2) is 34.7 Å². The second-order valence-corrected chi connectivity index (χ2v) is 4.02. The zero-order chi connectivity index (χ0) is 13.8. The topological polar surface area (TPSA) is 39.4 Å². The molecule has 0 saturated carbocycles. The van der Waals surface area contributed by atoms with Gasteiger partial charge in [-0.2, -0.15) is 0 Å². The second kappa shape index (κ2) is 5.65. The van der Waals surface area contributed by atoms with Crippen molar-refractivity contribution in [3.63, 3.8) is 0 Å². The predicted molar refractivity (Wildman–Crippen MR) is 65.8 cm³/mol. The summed E-state index contributed by atoms with van der Waals surface area (Å²) in [7, 11) is 0. The van der Waals surface area contributed by atoms with Gasteiger partial charge in [0, 0.05) is 0 Å². The third kappa shape index (κ3) is 3.19. The van der Waals surface area contributed by atoms with Crippen molar-refractivity contribution in [2.75, 3.05) is 6.61 Å². The fourth-order valence-corrected chi connectivity index (χ4v) is 1.68. The Morgan fingerprint density at radius 3 is 2.74 bits per heavy atom. The van der Waals surface area contributed by atoms with Crippen LogP contribution in [0.1, 0.15) is 16.1 Å². The van der Waals surface area contributed by atoms with Crippen molar-refractivity contribution in [3.05, 3.63) is 41.7 Å². The Morgan fingerprint density at radius 2 is 2.11 bits per heavy atom. The van der Waals surface area contributed by atoms with Gasteiger partial charge in [-0.15, -0.1) is 0 Å². The summed E-state index contributed by atoms with van der Waals surface area (Å²) < 4.78 is 34.7. The lowest BCUT2D eigenvalue weighted by Gasteiger charge is -2.10. The summed E-state index contributed by atoms with van der Waals surface area (Å²) in [6.45, 7) is 1.18. The first-order chi connectivity index (χ1) is 9.10. The van der Waals surface area contributed by atoms with Gasteiger partial charge in [0.25, 0.3) is 6.43 Å². The number of ether oxygens (including phenoxy) is 1. The van der Waals surface area contributed by atoms with Crippen LogP contribution in [0.4, 0.5) is 8.78 Å². The number of alkyl halides is 2. The van der Waals surface area contributed by atoms with Gasteiger partial charge in [0.15, 0.2) is 12.0 Å². The highest BCUT2D eigenvalue weighted by Crippen LogP contribution is 2.32. The smallest absolute Gasteiger partial charge is 0.272 e. The highest BCUT2D eigenvalue weighted by molar-refractivity contribution is 5.74. The first-order valence-electron chi connectivity index (χ1n) is 5.67. The Labute approximate surface area is 108 Å². The van der Waals surface area contributed by atoms with Crippen LogP contribution in [-0.2, 0) is 0 Å². The van der Waals surface area contributed by atoms with Crippen LogP contribution >= 0.6 is 0 Å². The molecule has 0 radical (unpaired) electrons. The van der Waals surface area contributed by atoms with Crippen molar-refractivity contribution >= 4 is 6.29 Å². The molecule has 1 aromatic heterocycles. The maximum absolute atomic E-state index is 12.2. The molecule has 3 nitrogen and oxygen atoms in total. The Morgan fingerprint density at radius 1 is 1.32 bits per heavy atom. The number of benzene rings is 1. The van der Waals surface area contributed by atoms with Gasteiger partial charge in [-0.25, -0.2) is 8.78 Å². The molecule has 0 aliphatic rings. The fourth-order valence-electron chi connectivity index (χ4n) is 1.68. The molecule has 1 heterocycles. The summed E-state index contributed by atoms with van der Waals surface area (Å²) in [5.41, 5.74) is 1.48. The van der Waals surface area contributed by atoms with E-state index in [9.17, 15) is 13.6 Å². The number of halogens is 2. The first-order valence-corrected chi connectivity index (χ1v) is 5.67. The predicted octanol–water partition coefficient (Wildman–Crippen LogP) is 3.71. The number of aldehydes is 1. The molecule has 0 aliphatic carbocycles. The minimum absolute atomic E-state index is 0.177. The molecule has 100 valence electrons. The number of carbonyl (C=O) groups excluding carboxylic acids is 1. The molecule has 0 spiro atoms. The Hall–Kier alpha value is -2.17. The number of hydrogen-bond acceptors (Lipinski definition) is 3. The van der Waals surface area contributed by atoms with E-state index < -0.39 is 13.0 Å². The third-order valence-corrected chi connectivity index (χ3v) is 2.51. The van der Waals surface area contributed by atoms with E-state index in [0.29, 0.717) is 23.4 Å². The Bertz CT molecular complexity index is 576. The highest BCUT2D eigenvalue weighted by atomic mass is 19.3. The standard InChI is InChI=1S/C14H12F2O3/c1-9-2-4-12(18-8-14(15)16)11(6-9)13-5-3-10(7-17)19-13/h2-7,14H,8H2,1H3. The number of hydrogen-bond donors (Lipinski definition) is 0. The van der Waals surface area contributed by atoms with Crippen molar-refractivity contribution in [1.82, 2.24) is 0 Å². The third-order valence-electron chi connectivity index (χ3n) is 2.51. The van der Waals surface area contributed by atoms with Crippen LogP contribution in [0.3, 0.4) is 0 Å². The molecule has 2 rings (SSSR count). The number of furan rings is 1. The molecule has 0 aliphatic heterocycles. The van der Waals surface area contributed by atoms with E-state index in [-0.39, 0.29) is 5.76 Å². The first kappa shape index (κ1) is 13.3. The van der Waals surface area contributed by atoms with Gasteiger partial charge < -0.3 is 9.15 Å². The minimum Gasteiger partial charge on any atom is -0.487 e. The molecule has 0 saturated heterocycles. The van der Waals surface area contributed by atoms with Gasteiger partial charge >= 0.3 is 0 Å². The quantitative estimate of drug-likeness (QED) is 0.774. The van der Waals surface area contributed by atoms with E-state index in [4.69, 9.17) is 9.15 Å². The summed E-state index contributed by atoms with van der Waals surface area (Å²) in [5.74, 6) is 0.893. The summed E-state index contributed by atoms with van der Waals surface area (Å²) in [6.07, 6.45) is -1.96. The SMILES string of the molecule is Cc1ccc(OCC(F)F)c(-c2ccc(C=O)o2)c1.